The molecule has 9 heteroatoms. The first-order chi connectivity index (χ1) is 23.1. The Morgan fingerprint density at radius 1 is 0.917 bits per heavy atom. The van der Waals surface area contributed by atoms with Crippen molar-refractivity contribution in [1.29, 1.82) is 0 Å². The summed E-state index contributed by atoms with van der Waals surface area (Å²) < 4.78 is 6.36. The highest BCUT2D eigenvalue weighted by Gasteiger charge is 2.32. The molecule has 1 fully saturated rings. The maximum atomic E-state index is 14.2. The molecule has 0 saturated carbocycles. The van der Waals surface area contributed by atoms with Gasteiger partial charge in [-0.25, -0.2) is 4.79 Å². The first kappa shape index (κ1) is 35.1. The molecule has 1 heterocycles. The molecule has 0 aliphatic carbocycles. The first-order valence-corrected chi connectivity index (χ1v) is 17.4. The van der Waals surface area contributed by atoms with Gasteiger partial charge in [0.2, 0.25) is 5.91 Å². The smallest absolute Gasteiger partial charge is 0.407 e. The molecule has 1 aliphatic heterocycles. The molecule has 0 spiro atoms. The molecule has 4 aromatic rings. The summed E-state index contributed by atoms with van der Waals surface area (Å²) in [6.45, 7) is 7.33. The molecule has 0 aromatic heterocycles. The van der Waals surface area contributed by atoms with Gasteiger partial charge in [-0.15, -0.1) is 0 Å². The quantitative estimate of drug-likeness (QED) is 0.145. The van der Waals surface area contributed by atoms with Gasteiger partial charge in [-0.1, -0.05) is 88.7 Å². The van der Waals surface area contributed by atoms with Crippen LogP contribution < -0.4 is 16.0 Å². The van der Waals surface area contributed by atoms with Crippen LogP contribution in [0, 0.1) is 0 Å². The lowest BCUT2D eigenvalue weighted by Gasteiger charge is -2.29. The molecule has 48 heavy (non-hydrogen) atoms. The highest BCUT2D eigenvalue weighted by Crippen LogP contribution is 2.27. The predicted molar refractivity (Wildman–Crippen MR) is 194 cm³/mol. The summed E-state index contributed by atoms with van der Waals surface area (Å²) in [4.78, 5) is 41.6. The molecular weight excluding hydrogens is 668 g/mol. The highest BCUT2D eigenvalue weighted by atomic mass is 79.9. The van der Waals surface area contributed by atoms with E-state index in [2.05, 4.69) is 56.1 Å². The molecule has 3 amide bonds. The number of alkyl carbamates (subject to hydrolysis) is 1. The van der Waals surface area contributed by atoms with E-state index in [1.54, 1.807) is 0 Å². The van der Waals surface area contributed by atoms with Crippen molar-refractivity contribution in [2.75, 3.05) is 26.2 Å². The fourth-order valence-corrected chi connectivity index (χ4v) is 6.49. The van der Waals surface area contributed by atoms with Crippen molar-refractivity contribution in [3.05, 3.63) is 118 Å². The zero-order valence-electron chi connectivity index (χ0n) is 27.9. The van der Waals surface area contributed by atoms with Crippen molar-refractivity contribution in [2.45, 2.75) is 63.6 Å². The number of fused-ring (bicyclic) bond motifs is 1. The second kappa shape index (κ2) is 16.3. The Kier molecular flexibility index (Phi) is 11.9. The average molecular weight is 714 g/mol. The Morgan fingerprint density at radius 2 is 1.56 bits per heavy atom. The molecule has 2 unspecified atom stereocenters. The number of ether oxygens (including phenoxy) is 1. The summed E-state index contributed by atoms with van der Waals surface area (Å²) in [7, 11) is 0. The predicted octanol–water partition coefficient (Wildman–Crippen LogP) is 7.03. The van der Waals surface area contributed by atoms with Gasteiger partial charge in [0.05, 0.1) is 6.04 Å². The Hall–Kier alpha value is -4.21. The van der Waals surface area contributed by atoms with E-state index in [1.165, 1.54) is 0 Å². The van der Waals surface area contributed by atoms with Crippen LogP contribution in [0.5, 0.6) is 0 Å². The van der Waals surface area contributed by atoms with Gasteiger partial charge >= 0.3 is 6.09 Å². The monoisotopic (exact) mass is 712 g/mol. The van der Waals surface area contributed by atoms with Crippen LogP contribution in [-0.4, -0.2) is 66.7 Å². The summed E-state index contributed by atoms with van der Waals surface area (Å²) in [6.07, 6.45) is 1.32. The van der Waals surface area contributed by atoms with E-state index in [0.717, 1.165) is 26.4 Å². The highest BCUT2D eigenvalue weighted by molar-refractivity contribution is 9.10. The second-order valence-corrected chi connectivity index (χ2v) is 14.3. The number of carbonyl (C=O) groups excluding carboxylic acids is 3. The van der Waals surface area contributed by atoms with Crippen molar-refractivity contribution in [2.24, 2.45) is 0 Å². The molecule has 1 aliphatic rings. The fraction of sp³-hybridized carbons (Fsp3) is 0.359. The molecule has 5 rings (SSSR count). The van der Waals surface area contributed by atoms with E-state index < -0.39 is 17.7 Å². The number of nitrogens with zero attached hydrogens (tertiary/aromatic N) is 1. The number of hydrogen-bond acceptors (Lipinski definition) is 5. The van der Waals surface area contributed by atoms with E-state index in [-0.39, 0.29) is 23.8 Å². The Bertz CT molecular complexity index is 1650. The lowest BCUT2D eigenvalue weighted by Crippen LogP contribution is -2.49. The second-order valence-electron chi connectivity index (χ2n) is 13.4. The summed E-state index contributed by atoms with van der Waals surface area (Å²) in [5.74, 6) is -0.116. The minimum Gasteiger partial charge on any atom is -0.444 e. The zero-order chi connectivity index (χ0) is 34.1. The third-order valence-corrected chi connectivity index (χ3v) is 9.01. The van der Waals surface area contributed by atoms with Crippen LogP contribution in [0.3, 0.4) is 0 Å². The van der Waals surface area contributed by atoms with Crippen molar-refractivity contribution in [3.8, 4) is 0 Å². The summed E-state index contributed by atoms with van der Waals surface area (Å²) in [6, 6.07) is 31.7. The molecule has 4 aromatic carbocycles. The van der Waals surface area contributed by atoms with Gasteiger partial charge in [0, 0.05) is 48.2 Å². The van der Waals surface area contributed by atoms with Gasteiger partial charge in [0.25, 0.3) is 5.91 Å². The molecule has 0 bridgehead atoms. The molecule has 3 N–H and O–H groups in total. The SMILES string of the molecule is CC(C)(C)OC(=O)NCCCC1NC(CNC(=O)c2ccc3cc(Br)ccc3c2)CCN(CC(c2ccccc2)c2ccccc2)C1=O. The van der Waals surface area contributed by atoms with E-state index in [0.29, 0.717) is 51.0 Å². The normalized spacial score (nSPS) is 16.9. The van der Waals surface area contributed by atoms with Crippen LogP contribution >= 0.6 is 15.9 Å². The minimum absolute atomic E-state index is 0.00983. The van der Waals surface area contributed by atoms with E-state index >= 15 is 0 Å². The van der Waals surface area contributed by atoms with Crippen LogP contribution in [0.15, 0.2) is 102 Å². The van der Waals surface area contributed by atoms with Gasteiger partial charge < -0.3 is 25.6 Å². The molecular formula is C39H45BrN4O4. The third kappa shape index (κ3) is 9.90. The van der Waals surface area contributed by atoms with Crippen molar-refractivity contribution < 1.29 is 19.1 Å². The number of carbonyl (C=O) groups is 3. The third-order valence-electron chi connectivity index (χ3n) is 8.51. The molecule has 252 valence electrons. The standard InChI is InChI=1S/C39H45BrN4O4/c1-39(2,3)48-38(47)41-21-10-15-35-37(46)44(26-34(27-11-6-4-7-12-27)28-13-8-5-9-14-28)22-20-33(43-35)25-42-36(45)31-17-16-30-24-32(40)19-18-29(30)23-31/h4-9,11-14,16-19,23-24,33-35,43H,10,15,20-22,25-26H2,1-3H3,(H,41,47)(H,42,45). The van der Waals surface area contributed by atoms with Gasteiger partial charge in [0.1, 0.15) is 5.60 Å². The largest absolute Gasteiger partial charge is 0.444 e. The van der Waals surface area contributed by atoms with E-state index in [4.69, 9.17) is 4.74 Å². The van der Waals surface area contributed by atoms with Gasteiger partial charge in [-0.2, -0.15) is 0 Å². The van der Waals surface area contributed by atoms with Crippen molar-refractivity contribution in [1.82, 2.24) is 20.9 Å². The van der Waals surface area contributed by atoms with E-state index in [1.807, 2.05) is 98.5 Å². The average Bonchev–Trinajstić information content (AvgIpc) is 3.21. The lowest BCUT2D eigenvalue weighted by molar-refractivity contribution is -0.133. The fourth-order valence-electron chi connectivity index (χ4n) is 6.11. The van der Waals surface area contributed by atoms with Crippen LogP contribution in [-0.2, 0) is 9.53 Å². The van der Waals surface area contributed by atoms with Crippen LogP contribution in [0.25, 0.3) is 10.8 Å². The van der Waals surface area contributed by atoms with Crippen molar-refractivity contribution in [3.63, 3.8) is 0 Å². The van der Waals surface area contributed by atoms with Gasteiger partial charge in [-0.3, -0.25) is 9.59 Å². The lowest BCUT2D eigenvalue weighted by atomic mass is 9.90. The van der Waals surface area contributed by atoms with Crippen LogP contribution in [0.2, 0.25) is 0 Å². The zero-order valence-corrected chi connectivity index (χ0v) is 29.5. The number of rotatable bonds is 11. The number of nitrogens with one attached hydrogen (secondary N) is 3. The Labute approximate surface area is 291 Å². The number of amides is 3. The van der Waals surface area contributed by atoms with E-state index in [9.17, 15) is 14.4 Å². The maximum Gasteiger partial charge on any atom is 0.407 e. The number of hydrogen-bond donors (Lipinski definition) is 3. The Balaban J connectivity index is 1.29. The number of halogens is 1. The summed E-state index contributed by atoms with van der Waals surface area (Å²) in [5, 5.41) is 11.5. The first-order valence-electron chi connectivity index (χ1n) is 16.6. The molecule has 8 nitrogen and oxygen atoms in total. The van der Waals surface area contributed by atoms with Gasteiger partial charge in [-0.05, 0) is 86.2 Å². The summed E-state index contributed by atoms with van der Waals surface area (Å²) in [5.41, 5.74) is 2.31. The molecule has 2 atom stereocenters. The maximum absolute atomic E-state index is 14.2. The van der Waals surface area contributed by atoms with Crippen molar-refractivity contribution >= 4 is 44.6 Å². The van der Waals surface area contributed by atoms with Crippen LogP contribution in [0.4, 0.5) is 4.79 Å². The summed E-state index contributed by atoms with van der Waals surface area (Å²) >= 11 is 3.50. The molecule has 1 saturated heterocycles. The minimum atomic E-state index is -0.584. The van der Waals surface area contributed by atoms with Gasteiger partial charge in [0.15, 0.2) is 0 Å². The number of benzene rings is 4. The topological polar surface area (TPSA) is 99.8 Å². The molecule has 0 radical (unpaired) electrons. The Morgan fingerprint density at radius 3 is 2.23 bits per heavy atom. The van der Waals surface area contributed by atoms with Crippen LogP contribution in [0.1, 0.15) is 67.4 Å².